The molecule has 0 spiro atoms. The van der Waals surface area contributed by atoms with Crippen molar-refractivity contribution in [3.63, 3.8) is 0 Å². The van der Waals surface area contributed by atoms with Crippen LogP contribution in [-0.2, 0) is 7.05 Å². The second kappa shape index (κ2) is 5.23. The molecular weight excluding hydrogens is 230 g/mol. The average molecular weight is 247 g/mol. The van der Waals surface area contributed by atoms with Gasteiger partial charge in [0.1, 0.15) is 11.8 Å². The Morgan fingerprint density at radius 3 is 3.00 bits per heavy atom. The molecule has 2 rings (SSSR count). The van der Waals surface area contributed by atoms with Crippen molar-refractivity contribution in [2.24, 2.45) is 7.05 Å². The number of aryl methyl sites for hydroxylation is 1. The molecule has 1 unspecified atom stereocenters. The third kappa shape index (κ3) is 2.24. The van der Waals surface area contributed by atoms with Gasteiger partial charge in [0.05, 0.1) is 18.2 Å². The summed E-state index contributed by atoms with van der Waals surface area (Å²) in [6.07, 6.45) is 4.51. The van der Waals surface area contributed by atoms with Crippen molar-refractivity contribution in [3.05, 3.63) is 23.5 Å². The molecule has 1 saturated heterocycles. The van der Waals surface area contributed by atoms with Crippen molar-refractivity contribution in [1.82, 2.24) is 9.47 Å². The van der Waals surface area contributed by atoms with Crippen LogP contribution in [0.3, 0.4) is 0 Å². The summed E-state index contributed by atoms with van der Waals surface area (Å²) < 4.78 is 1.67. The van der Waals surface area contributed by atoms with Crippen LogP contribution >= 0.6 is 0 Å². The largest absolute Gasteiger partial charge is 0.394 e. The van der Waals surface area contributed by atoms with E-state index in [1.165, 1.54) is 0 Å². The first-order chi connectivity index (χ1) is 8.67. The molecule has 0 bridgehead atoms. The van der Waals surface area contributed by atoms with Crippen molar-refractivity contribution in [3.8, 4) is 6.07 Å². The lowest BCUT2D eigenvalue weighted by Gasteiger charge is -2.34. The minimum atomic E-state index is -0.0993. The van der Waals surface area contributed by atoms with Crippen molar-refractivity contribution in [2.75, 3.05) is 13.2 Å². The van der Waals surface area contributed by atoms with E-state index in [0.29, 0.717) is 17.8 Å². The Morgan fingerprint density at radius 2 is 2.39 bits per heavy atom. The van der Waals surface area contributed by atoms with Crippen LogP contribution in [0.2, 0.25) is 0 Å². The van der Waals surface area contributed by atoms with Crippen LogP contribution in [0.4, 0.5) is 0 Å². The number of hydrogen-bond donors (Lipinski definition) is 1. The molecule has 1 aliphatic heterocycles. The van der Waals surface area contributed by atoms with Gasteiger partial charge >= 0.3 is 0 Å². The fraction of sp³-hybridized carbons (Fsp3) is 0.538. The highest BCUT2D eigenvalue weighted by atomic mass is 16.3. The van der Waals surface area contributed by atoms with Crippen LogP contribution in [0.1, 0.15) is 35.3 Å². The Balaban J connectivity index is 2.24. The van der Waals surface area contributed by atoms with Gasteiger partial charge in [-0.3, -0.25) is 4.79 Å². The van der Waals surface area contributed by atoms with E-state index in [0.717, 1.165) is 19.3 Å². The quantitative estimate of drug-likeness (QED) is 0.843. The zero-order chi connectivity index (χ0) is 13.1. The van der Waals surface area contributed by atoms with Gasteiger partial charge in [-0.15, -0.1) is 0 Å². The molecule has 0 radical (unpaired) electrons. The summed E-state index contributed by atoms with van der Waals surface area (Å²) in [4.78, 5) is 14.1. The highest BCUT2D eigenvalue weighted by molar-refractivity contribution is 5.93. The lowest BCUT2D eigenvalue weighted by atomic mass is 10.0. The fourth-order valence-electron chi connectivity index (χ4n) is 2.44. The Labute approximate surface area is 106 Å². The molecule has 0 aromatic carbocycles. The number of amides is 1. The van der Waals surface area contributed by atoms with Crippen LogP contribution < -0.4 is 0 Å². The van der Waals surface area contributed by atoms with Gasteiger partial charge < -0.3 is 14.6 Å². The number of nitrogens with zero attached hydrogens (tertiary/aromatic N) is 3. The minimum Gasteiger partial charge on any atom is -0.394 e. The number of carbonyl (C=O) groups is 1. The monoisotopic (exact) mass is 247 g/mol. The normalized spacial score (nSPS) is 19.6. The van der Waals surface area contributed by atoms with Crippen LogP contribution in [0.15, 0.2) is 12.3 Å². The van der Waals surface area contributed by atoms with E-state index in [1.54, 1.807) is 28.8 Å². The summed E-state index contributed by atoms with van der Waals surface area (Å²) >= 11 is 0. The summed E-state index contributed by atoms with van der Waals surface area (Å²) in [5, 5.41) is 18.2. The number of rotatable bonds is 2. The Bertz CT molecular complexity index is 487. The Kier molecular flexibility index (Phi) is 3.68. The van der Waals surface area contributed by atoms with Crippen molar-refractivity contribution < 1.29 is 9.90 Å². The first-order valence-corrected chi connectivity index (χ1v) is 6.15. The number of aromatic nitrogens is 1. The molecule has 0 saturated carbocycles. The lowest BCUT2D eigenvalue weighted by molar-refractivity contribution is 0.0494. The van der Waals surface area contributed by atoms with E-state index < -0.39 is 0 Å². The molecule has 5 nitrogen and oxygen atoms in total. The second-order valence-electron chi connectivity index (χ2n) is 4.67. The van der Waals surface area contributed by atoms with E-state index in [4.69, 9.17) is 5.26 Å². The molecule has 1 aliphatic rings. The number of hydrogen-bond acceptors (Lipinski definition) is 3. The molecule has 0 aliphatic carbocycles. The van der Waals surface area contributed by atoms with E-state index in [1.807, 2.05) is 6.07 Å². The molecule has 1 aromatic heterocycles. The Morgan fingerprint density at radius 1 is 1.61 bits per heavy atom. The van der Waals surface area contributed by atoms with Gasteiger partial charge in [-0.05, 0) is 25.3 Å². The van der Waals surface area contributed by atoms with Crippen molar-refractivity contribution in [1.29, 1.82) is 5.26 Å². The fourth-order valence-corrected chi connectivity index (χ4v) is 2.44. The maximum Gasteiger partial charge on any atom is 0.270 e. The summed E-state index contributed by atoms with van der Waals surface area (Å²) in [5.41, 5.74) is 0.991. The van der Waals surface area contributed by atoms with Gasteiger partial charge in [-0.1, -0.05) is 0 Å². The molecule has 1 aromatic rings. The van der Waals surface area contributed by atoms with E-state index in [9.17, 15) is 9.90 Å². The highest BCUT2D eigenvalue weighted by Gasteiger charge is 2.28. The van der Waals surface area contributed by atoms with Crippen LogP contribution in [-0.4, -0.2) is 39.7 Å². The Hall–Kier alpha value is -1.80. The third-order valence-electron chi connectivity index (χ3n) is 3.45. The zero-order valence-corrected chi connectivity index (χ0v) is 10.5. The van der Waals surface area contributed by atoms with E-state index in [2.05, 4.69) is 0 Å². The predicted octanol–water partition coefficient (Wildman–Crippen LogP) is 0.884. The summed E-state index contributed by atoms with van der Waals surface area (Å²) in [6, 6.07) is 3.54. The first-order valence-electron chi connectivity index (χ1n) is 6.15. The van der Waals surface area contributed by atoms with Crippen LogP contribution in [0.25, 0.3) is 0 Å². The van der Waals surface area contributed by atoms with Crippen molar-refractivity contribution >= 4 is 5.91 Å². The number of carbonyl (C=O) groups excluding carboxylic acids is 1. The predicted molar refractivity (Wildman–Crippen MR) is 65.9 cm³/mol. The maximum atomic E-state index is 12.4. The van der Waals surface area contributed by atoms with Crippen LogP contribution in [0.5, 0.6) is 0 Å². The lowest BCUT2D eigenvalue weighted by Crippen LogP contribution is -2.46. The molecule has 5 heteroatoms. The summed E-state index contributed by atoms with van der Waals surface area (Å²) in [7, 11) is 1.76. The topological polar surface area (TPSA) is 69.3 Å². The number of likely N-dealkylation sites (tertiary alicyclic amines) is 1. The summed E-state index contributed by atoms with van der Waals surface area (Å²) in [5.74, 6) is -0.0993. The first kappa shape index (κ1) is 12.7. The molecule has 1 N–H and O–H groups in total. The summed E-state index contributed by atoms with van der Waals surface area (Å²) in [6.45, 7) is 0.679. The van der Waals surface area contributed by atoms with Crippen molar-refractivity contribution in [2.45, 2.75) is 25.3 Å². The second-order valence-corrected chi connectivity index (χ2v) is 4.67. The molecule has 2 heterocycles. The minimum absolute atomic E-state index is 0.00126. The number of nitriles is 1. The molecule has 1 atom stereocenters. The molecular formula is C13H17N3O2. The molecule has 1 fully saturated rings. The number of aliphatic hydroxyl groups excluding tert-OH is 1. The molecule has 18 heavy (non-hydrogen) atoms. The average Bonchev–Trinajstić information content (AvgIpc) is 2.79. The molecule has 1 amide bonds. The van der Waals surface area contributed by atoms with Crippen LogP contribution in [0, 0.1) is 11.3 Å². The van der Waals surface area contributed by atoms with Gasteiger partial charge in [0.15, 0.2) is 0 Å². The van der Waals surface area contributed by atoms with Gasteiger partial charge in [0, 0.05) is 19.8 Å². The standard InChI is InChI=1S/C13H17N3O2/c1-15-8-10(7-14)6-12(15)13(18)16-5-3-2-4-11(16)9-17/h6,8,11,17H,2-5,9H2,1H3. The zero-order valence-electron chi connectivity index (χ0n) is 10.5. The van der Waals surface area contributed by atoms with Gasteiger partial charge in [0.25, 0.3) is 5.91 Å². The SMILES string of the molecule is Cn1cc(C#N)cc1C(=O)N1CCCCC1CO. The molecule has 96 valence electrons. The van der Waals surface area contributed by atoms with Gasteiger partial charge in [0.2, 0.25) is 0 Å². The van der Waals surface area contributed by atoms with Gasteiger partial charge in [-0.25, -0.2) is 0 Å². The van der Waals surface area contributed by atoms with Gasteiger partial charge in [-0.2, -0.15) is 5.26 Å². The van der Waals surface area contributed by atoms with E-state index >= 15 is 0 Å². The number of piperidine rings is 1. The smallest absolute Gasteiger partial charge is 0.270 e. The highest BCUT2D eigenvalue weighted by Crippen LogP contribution is 2.20. The maximum absolute atomic E-state index is 12.4. The third-order valence-corrected chi connectivity index (χ3v) is 3.45. The van der Waals surface area contributed by atoms with E-state index in [-0.39, 0.29) is 18.6 Å². The number of aliphatic hydroxyl groups is 1.